The molecular weight excluding hydrogens is 356 g/mol. The minimum absolute atomic E-state index is 0.209. The second-order valence-electron chi connectivity index (χ2n) is 7.63. The Balaban J connectivity index is 1.59. The lowest BCUT2D eigenvalue weighted by atomic mass is 9.88. The largest absolute Gasteiger partial charge is 0.381 e. The van der Waals surface area contributed by atoms with Gasteiger partial charge in [0.2, 0.25) is 0 Å². The van der Waals surface area contributed by atoms with Crippen molar-refractivity contribution in [3.05, 3.63) is 29.3 Å². The molecule has 0 bridgehead atoms. The number of nitrogens with zero attached hydrogens (tertiary/aromatic N) is 2. The maximum absolute atomic E-state index is 5.66. The molecule has 27 heavy (non-hydrogen) atoms. The van der Waals surface area contributed by atoms with E-state index in [1.165, 1.54) is 42.0 Å². The Morgan fingerprint density at radius 1 is 1.22 bits per heavy atom. The third-order valence-corrected chi connectivity index (χ3v) is 6.72. The Bertz CT molecular complexity index is 637. The molecule has 1 aromatic rings. The summed E-state index contributed by atoms with van der Waals surface area (Å²) in [5, 5.41) is 7.11. The highest BCUT2D eigenvalue weighted by Crippen LogP contribution is 2.30. The smallest absolute Gasteiger partial charge is 0.191 e. The van der Waals surface area contributed by atoms with Gasteiger partial charge in [0.1, 0.15) is 0 Å². The molecule has 3 rings (SSSR count). The monoisotopic (exact) mass is 390 g/mol. The minimum atomic E-state index is 0.209. The molecule has 1 aromatic carbocycles. The lowest BCUT2D eigenvalue weighted by Crippen LogP contribution is -2.58. The van der Waals surface area contributed by atoms with Gasteiger partial charge in [-0.3, -0.25) is 9.89 Å². The maximum atomic E-state index is 5.66. The Kier molecular flexibility index (Phi) is 7.44. The second-order valence-corrected chi connectivity index (χ2v) is 8.47. The van der Waals surface area contributed by atoms with E-state index in [9.17, 15) is 0 Å². The number of thioether (sulfide) groups is 1. The minimum Gasteiger partial charge on any atom is -0.381 e. The quantitative estimate of drug-likeness (QED) is 0.444. The number of aliphatic imine (C=N–C) groups is 1. The van der Waals surface area contributed by atoms with Crippen LogP contribution in [-0.4, -0.2) is 62.5 Å². The van der Waals surface area contributed by atoms with Gasteiger partial charge >= 0.3 is 0 Å². The van der Waals surface area contributed by atoms with E-state index >= 15 is 0 Å². The Hall–Kier alpha value is -1.24. The lowest BCUT2D eigenvalue weighted by molar-refractivity contribution is -0.0164. The van der Waals surface area contributed by atoms with Crippen molar-refractivity contribution in [2.75, 3.05) is 46.2 Å². The average Bonchev–Trinajstić information content (AvgIpc) is 3.25. The molecule has 2 fully saturated rings. The first-order valence-corrected chi connectivity index (χ1v) is 11.3. The van der Waals surface area contributed by atoms with Crippen molar-refractivity contribution in [2.45, 2.75) is 49.6 Å². The molecule has 6 heteroatoms. The summed E-state index contributed by atoms with van der Waals surface area (Å²) in [5.41, 5.74) is 2.83. The van der Waals surface area contributed by atoms with Gasteiger partial charge in [-0.2, -0.15) is 0 Å². The summed E-state index contributed by atoms with van der Waals surface area (Å²) >= 11 is 1.80. The molecule has 2 aliphatic heterocycles. The van der Waals surface area contributed by atoms with Crippen molar-refractivity contribution in [2.24, 2.45) is 4.99 Å². The van der Waals surface area contributed by atoms with Gasteiger partial charge in [-0.05, 0) is 69.1 Å². The SMILES string of the molecule is CN=C(NCc1ccc(C)cc1SC)NCC1(N2CCCC2)CCOCC1. The maximum Gasteiger partial charge on any atom is 0.191 e. The highest BCUT2D eigenvalue weighted by atomic mass is 32.2. The van der Waals surface area contributed by atoms with Crippen molar-refractivity contribution in [1.29, 1.82) is 0 Å². The van der Waals surface area contributed by atoms with Gasteiger partial charge in [0, 0.05) is 43.8 Å². The fourth-order valence-electron chi connectivity index (χ4n) is 4.19. The first-order chi connectivity index (χ1) is 13.2. The zero-order chi connectivity index (χ0) is 19.1. The zero-order valence-corrected chi connectivity index (χ0v) is 17.8. The van der Waals surface area contributed by atoms with Gasteiger partial charge in [-0.1, -0.05) is 12.1 Å². The van der Waals surface area contributed by atoms with Crippen LogP contribution in [0.4, 0.5) is 0 Å². The summed E-state index contributed by atoms with van der Waals surface area (Å²) in [7, 11) is 1.85. The van der Waals surface area contributed by atoms with Crippen LogP contribution in [0.25, 0.3) is 0 Å². The Morgan fingerprint density at radius 3 is 2.63 bits per heavy atom. The average molecular weight is 391 g/mol. The summed E-state index contributed by atoms with van der Waals surface area (Å²) < 4.78 is 5.66. The number of ether oxygens (including phenoxy) is 1. The van der Waals surface area contributed by atoms with Crippen LogP contribution in [-0.2, 0) is 11.3 Å². The Labute approximate surface area is 168 Å². The number of benzene rings is 1. The molecule has 2 heterocycles. The van der Waals surface area contributed by atoms with E-state index in [1.54, 1.807) is 11.8 Å². The highest BCUT2D eigenvalue weighted by molar-refractivity contribution is 7.98. The van der Waals surface area contributed by atoms with Crippen LogP contribution in [0.15, 0.2) is 28.1 Å². The van der Waals surface area contributed by atoms with E-state index in [-0.39, 0.29) is 5.54 Å². The number of likely N-dealkylation sites (tertiary alicyclic amines) is 1. The molecule has 0 saturated carbocycles. The molecule has 0 aliphatic carbocycles. The van der Waals surface area contributed by atoms with Crippen LogP contribution in [0, 0.1) is 6.92 Å². The number of aryl methyl sites for hydroxylation is 1. The van der Waals surface area contributed by atoms with E-state index in [0.29, 0.717) is 0 Å². The van der Waals surface area contributed by atoms with Gasteiger partial charge < -0.3 is 15.4 Å². The second kappa shape index (κ2) is 9.80. The summed E-state index contributed by atoms with van der Waals surface area (Å²) in [5.74, 6) is 0.882. The fourth-order valence-corrected chi connectivity index (χ4v) is 4.90. The van der Waals surface area contributed by atoms with Crippen molar-refractivity contribution in [3.8, 4) is 0 Å². The first-order valence-electron chi connectivity index (χ1n) is 10.1. The molecular formula is C21H34N4OS. The third-order valence-electron chi connectivity index (χ3n) is 5.90. The van der Waals surface area contributed by atoms with E-state index < -0.39 is 0 Å². The van der Waals surface area contributed by atoms with E-state index in [1.807, 2.05) is 7.05 Å². The van der Waals surface area contributed by atoms with Gasteiger partial charge in [-0.15, -0.1) is 11.8 Å². The predicted molar refractivity (Wildman–Crippen MR) is 115 cm³/mol. The lowest BCUT2D eigenvalue weighted by Gasteiger charge is -2.45. The summed E-state index contributed by atoms with van der Waals surface area (Å²) in [6, 6.07) is 6.64. The molecule has 0 atom stereocenters. The van der Waals surface area contributed by atoms with Gasteiger partial charge in [-0.25, -0.2) is 0 Å². The topological polar surface area (TPSA) is 48.9 Å². The summed E-state index contributed by atoms with van der Waals surface area (Å²) in [4.78, 5) is 8.47. The van der Waals surface area contributed by atoms with Gasteiger partial charge in [0.05, 0.1) is 0 Å². The summed E-state index contributed by atoms with van der Waals surface area (Å²) in [6.45, 7) is 8.02. The van der Waals surface area contributed by atoms with Crippen LogP contribution >= 0.6 is 11.8 Å². The van der Waals surface area contributed by atoms with E-state index in [4.69, 9.17) is 4.74 Å². The predicted octanol–water partition coefficient (Wildman–Crippen LogP) is 3.03. The standard InChI is InChI=1S/C21H34N4OS/c1-17-6-7-18(19(14-17)27-3)15-23-20(22-2)24-16-21(8-12-26-13-9-21)25-10-4-5-11-25/h6-7,14H,4-5,8-13,15-16H2,1-3H3,(H2,22,23,24). The Morgan fingerprint density at radius 2 is 1.96 bits per heavy atom. The van der Waals surface area contributed by atoms with Crippen molar-refractivity contribution in [3.63, 3.8) is 0 Å². The molecule has 0 amide bonds. The number of hydrogen-bond donors (Lipinski definition) is 2. The van der Waals surface area contributed by atoms with Crippen LogP contribution in [0.1, 0.15) is 36.8 Å². The highest BCUT2D eigenvalue weighted by Gasteiger charge is 2.39. The fraction of sp³-hybridized carbons (Fsp3) is 0.667. The normalized spacial score (nSPS) is 20.6. The zero-order valence-electron chi connectivity index (χ0n) is 17.0. The molecule has 0 spiro atoms. The van der Waals surface area contributed by atoms with E-state index in [2.05, 4.69) is 51.9 Å². The molecule has 0 radical (unpaired) electrons. The van der Waals surface area contributed by atoms with Crippen molar-refractivity contribution >= 4 is 17.7 Å². The number of rotatable bonds is 6. The van der Waals surface area contributed by atoms with Gasteiger partial charge in [0.15, 0.2) is 5.96 Å². The molecule has 150 valence electrons. The third kappa shape index (κ3) is 5.18. The molecule has 2 aliphatic rings. The van der Waals surface area contributed by atoms with Crippen LogP contribution in [0.2, 0.25) is 0 Å². The molecule has 5 nitrogen and oxygen atoms in total. The number of nitrogens with one attached hydrogen (secondary N) is 2. The van der Waals surface area contributed by atoms with Crippen molar-refractivity contribution < 1.29 is 4.74 Å². The van der Waals surface area contributed by atoms with Crippen molar-refractivity contribution in [1.82, 2.24) is 15.5 Å². The summed E-state index contributed by atoms with van der Waals surface area (Å²) in [6.07, 6.45) is 6.98. The first kappa shape index (κ1) is 20.5. The number of hydrogen-bond acceptors (Lipinski definition) is 4. The molecule has 2 N–H and O–H groups in total. The van der Waals surface area contributed by atoms with Crippen LogP contribution < -0.4 is 10.6 Å². The van der Waals surface area contributed by atoms with Crippen LogP contribution in [0.5, 0.6) is 0 Å². The van der Waals surface area contributed by atoms with E-state index in [0.717, 1.165) is 45.1 Å². The number of guanidine groups is 1. The molecule has 0 unspecified atom stereocenters. The van der Waals surface area contributed by atoms with Gasteiger partial charge in [0.25, 0.3) is 0 Å². The molecule has 2 saturated heterocycles. The van der Waals surface area contributed by atoms with Crippen LogP contribution in [0.3, 0.4) is 0 Å². The molecule has 0 aromatic heterocycles.